The first-order chi connectivity index (χ1) is 9.81. The summed E-state index contributed by atoms with van der Waals surface area (Å²) < 4.78 is 40.7. The molecule has 0 aliphatic rings. The molecule has 6 heteroatoms. The Kier molecular flexibility index (Phi) is 4.18. The van der Waals surface area contributed by atoms with Crippen LogP contribution in [0.25, 0.3) is 0 Å². The van der Waals surface area contributed by atoms with Gasteiger partial charge in [0.25, 0.3) is 10.0 Å². The van der Waals surface area contributed by atoms with E-state index in [9.17, 15) is 12.8 Å². The van der Waals surface area contributed by atoms with Gasteiger partial charge < -0.3 is 5.73 Å². The highest BCUT2D eigenvalue weighted by Crippen LogP contribution is 2.23. The van der Waals surface area contributed by atoms with E-state index in [4.69, 9.17) is 5.73 Å². The van der Waals surface area contributed by atoms with Crippen LogP contribution in [0.5, 0.6) is 0 Å². The predicted octanol–water partition coefficient (Wildman–Crippen LogP) is 3.08. The molecule has 0 heterocycles. The second-order valence-electron chi connectivity index (χ2n) is 4.84. The van der Waals surface area contributed by atoms with Crippen molar-refractivity contribution in [3.05, 3.63) is 53.3 Å². The fourth-order valence-electron chi connectivity index (χ4n) is 2.12. The Bertz CT molecular complexity index is 753. The summed E-state index contributed by atoms with van der Waals surface area (Å²) >= 11 is 0. The standard InChI is InChI=1S/C15H17FN2O2S/c1-3-11-4-5-13(17)9-15(11)21(19,20)18-14-7-10(2)6-12(16)8-14/h4-9,18H,3,17H2,1-2H3. The molecule has 0 amide bonds. The van der Waals surface area contributed by atoms with Crippen molar-refractivity contribution in [1.82, 2.24) is 0 Å². The third-order valence-electron chi connectivity index (χ3n) is 3.06. The Labute approximate surface area is 123 Å². The van der Waals surface area contributed by atoms with Crippen molar-refractivity contribution in [2.24, 2.45) is 0 Å². The number of hydrogen-bond donors (Lipinski definition) is 2. The molecule has 0 saturated carbocycles. The van der Waals surface area contributed by atoms with Crippen molar-refractivity contribution in [3.8, 4) is 0 Å². The lowest BCUT2D eigenvalue weighted by Gasteiger charge is -2.12. The number of nitrogens with two attached hydrogens (primary N) is 1. The van der Waals surface area contributed by atoms with E-state index < -0.39 is 15.8 Å². The molecule has 2 rings (SSSR count). The largest absolute Gasteiger partial charge is 0.399 e. The maximum Gasteiger partial charge on any atom is 0.262 e. The van der Waals surface area contributed by atoms with Gasteiger partial charge in [-0.15, -0.1) is 0 Å². The van der Waals surface area contributed by atoms with E-state index in [0.717, 1.165) is 6.07 Å². The Hall–Kier alpha value is -2.08. The minimum absolute atomic E-state index is 0.118. The fraction of sp³-hybridized carbons (Fsp3) is 0.200. The maximum atomic E-state index is 13.4. The average Bonchev–Trinajstić information content (AvgIpc) is 2.36. The number of anilines is 2. The van der Waals surface area contributed by atoms with Gasteiger partial charge in [-0.25, -0.2) is 12.8 Å². The van der Waals surface area contributed by atoms with Crippen LogP contribution in [0.3, 0.4) is 0 Å². The van der Waals surface area contributed by atoms with Gasteiger partial charge in [0.2, 0.25) is 0 Å². The van der Waals surface area contributed by atoms with E-state index in [1.165, 1.54) is 12.1 Å². The molecule has 0 fully saturated rings. The molecule has 0 radical (unpaired) electrons. The molecule has 4 nitrogen and oxygen atoms in total. The van der Waals surface area contributed by atoms with Gasteiger partial charge in [0, 0.05) is 5.69 Å². The summed E-state index contributed by atoms with van der Waals surface area (Å²) in [5.41, 5.74) is 7.52. The lowest BCUT2D eigenvalue weighted by molar-refractivity contribution is 0.600. The number of nitrogens with one attached hydrogen (secondary N) is 1. The van der Waals surface area contributed by atoms with Crippen LogP contribution >= 0.6 is 0 Å². The summed E-state index contributed by atoms with van der Waals surface area (Å²) in [5, 5.41) is 0. The SMILES string of the molecule is CCc1ccc(N)cc1S(=O)(=O)Nc1cc(C)cc(F)c1. The molecular weight excluding hydrogens is 291 g/mol. The number of nitrogen functional groups attached to an aromatic ring is 1. The summed E-state index contributed by atoms with van der Waals surface area (Å²) in [7, 11) is -3.81. The minimum atomic E-state index is -3.81. The van der Waals surface area contributed by atoms with Gasteiger partial charge in [0.1, 0.15) is 5.82 Å². The van der Waals surface area contributed by atoms with Gasteiger partial charge in [0.15, 0.2) is 0 Å². The zero-order valence-electron chi connectivity index (χ0n) is 11.9. The van der Waals surface area contributed by atoms with E-state index >= 15 is 0 Å². The van der Waals surface area contributed by atoms with Crippen molar-refractivity contribution in [1.29, 1.82) is 0 Å². The van der Waals surface area contributed by atoms with Gasteiger partial charge in [-0.3, -0.25) is 4.72 Å². The van der Waals surface area contributed by atoms with E-state index in [1.807, 2.05) is 6.92 Å². The Balaban J connectivity index is 2.45. The first-order valence-corrected chi connectivity index (χ1v) is 7.98. The van der Waals surface area contributed by atoms with Crippen molar-refractivity contribution < 1.29 is 12.8 Å². The van der Waals surface area contributed by atoms with Crippen molar-refractivity contribution >= 4 is 21.4 Å². The van der Waals surface area contributed by atoms with Gasteiger partial charge in [-0.2, -0.15) is 0 Å². The first-order valence-electron chi connectivity index (χ1n) is 6.50. The van der Waals surface area contributed by atoms with Crippen LogP contribution in [0.2, 0.25) is 0 Å². The number of rotatable bonds is 4. The Morgan fingerprint density at radius 2 is 1.90 bits per heavy atom. The van der Waals surface area contributed by atoms with E-state index in [2.05, 4.69) is 4.72 Å². The molecule has 0 aromatic heterocycles. The van der Waals surface area contributed by atoms with Crippen molar-refractivity contribution in [2.75, 3.05) is 10.5 Å². The number of benzene rings is 2. The van der Waals surface area contributed by atoms with E-state index in [1.54, 1.807) is 25.1 Å². The molecule has 0 aliphatic carbocycles. The summed E-state index contributed by atoms with van der Waals surface area (Å²) in [6.07, 6.45) is 0.554. The Morgan fingerprint density at radius 1 is 1.19 bits per heavy atom. The first kappa shape index (κ1) is 15.3. The van der Waals surface area contributed by atoms with Crippen LogP contribution in [0.4, 0.5) is 15.8 Å². The monoisotopic (exact) mass is 308 g/mol. The van der Waals surface area contributed by atoms with Crippen molar-refractivity contribution in [3.63, 3.8) is 0 Å². The van der Waals surface area contributed by atoms with E-state index in [0.29, 0.717) is 23.2 Å². The normalized spacial score (nSPS) is 11.4. The lowest BCUT2D eigenvalue weighted by Crippen LogP contribution is -2.15. The quantitative estimate of drug-likeness (QED) is 0.853. The van der Waals surface area contributed by atoms with Crippen LogP contribution in [0.15, 0.2) is 41.3 Å². The smallest absolute Gasteiger partial charge is 0.262 e. The fourth-order valence-corrected chi connectivity index (χ4v) is 3.51. The zero-order valence-corrected chi connectivity index (χ0v) is 12.7. The summed E-state index contributed by atoms with van der Waals surface area (Å²) in [6, 6.07) is 8.79. The predicted molar refractivity (Wildman–Crippen MR) is 82.2 cm³/mol. The molecule has 0 aliphatic heterocycles. The van der Waals surface area contributed by atoms with Gasteiger partial charge in [0.05, 0.1) is 10.6 Å². The van der Waals surface area contributed by atoms with Crippen LogP contribution in [0, 0.1) is 12.7 Å². The van der Waals surface area contributed by atoms with Gasteiger partial charge in [-0.05, 0) is 54.8 Å². The van der Waals surface area contributed by atoms with E-state index in [-0.39, 0.29) is 10.6 Å². The van der Waals surface area contributed by atoms with Crippen LogP contribution < -0.4 is 10.5 Å². The summed E-state index contributed by atoms with van der Waals surface area (Å²) in [4.78, 5) is 0.118. The third-order valence-corrected chi connectivity index (χ3v) is 4.52. The highest BCUT2D eigenvalue weighted by atomic mass is 32.2. The maximum absolute atomic E-state index is 13.4. The highest BCUT2D eigenvalue weighted by Gasteiger charge is 2.18. The number of hydrogen-bond acceptors (Lipinski definition) is 3. The second kappa shape index (κ2) is 5.73. The number of halogens is 1. The van der Waals surface area contributed by atoms with Gasteiger partial charge in [-0.1, -0.05) is 13.0 Å². The molecule has 0 saturated heterocycles. The lowest BCUT2D eigenvalue weighted by atomic mass is 10.1. The summed E-state index contributed by atoms with van der Waals surface area (Å²) in [6.45, 7) is 3.55. The van der Waals surface area contributed by atoms with Crippen LogP contribution in [0.1, 0.15) is 18.1 Å². The van der Waals surface area contributed by atoms with Gasteiger partial charge >= 0.3 is 0 Å². The molecule has 21 heavy (non-hydrogen) atoms. The molecule has 0 atom stereocenters. The van der Waals surface area contributed by atoms with Crippen molar-refractivity contribution in [2.45, 2.75) is 25.2 Å². The molecule has 0 spiro atoms. The number of aryl methyl sites for hydroxylation is 2. The topological polar surface area (TPSA) is 72.2 Å². The molecule has 0 bridgehead atoms. The molecule has 3 N–H and O–H groups in total. The highest BCUT2D eigenvalue weighted by molar-refractivity contribution is 7.92. The number of sulfonamides is 1. The molecule has 0 unspecified atom stereocenters. The molecule has 2 aromatic rings. The average molecular weight is 308 g/mol. The van der Waals surface area contributed by atoms with Crippen LogP contribution in [-0.4, -0.2) is 8.42 Å². The second-order valence-corrected chi connectivity index (χ2v) is 6.49. The summed E-state index contributed by atoms with van der Waals surface area (Å²) in [5.74, 6) is -0.490. The molecule has 112 valence electrons. The van der Waals surface area contributed by atoms with Crippen LogP contribution in [-0.2, 0) is 16.4 Å². The Morgan fingerprint density at radius 3 is 2.52 bits per heavy atom. The molecule has 2 aromatic carbocycles. The zero-order chi connectivity index (χ0) is 15.6. The molecular formula is C15H17FN2O2S. The third kappa shape index (κ3) is 3.52. The minimum Gasteiger partial charge on any atom is -0.399 e.